The maximum atomic E-state index is 13.8. The molecule has 1 N–H and O–H groups in total. The summed E-state index contributed by atoms with van der Waals surface area (Å²) in [6, 6.07) is 8.66. The molecule has 1 fully saturated rings. The summed E-state index contributed by atoms with van der Waals surface area (Å²) in [5, 5.41) is 2.73. The molecule has 35 heavy (non-hydrogen) atoms. The molecule has 1 aromatic heterocycles. The van der Waals surface area contributed by atoms with Crippen molar-refractivity contribution in [3.05, 3.63) is 59.7 Å². The van der Waals surface area contributed by atoms with Crippen molar-refractivity contribution in [1.29, 1.82) is 0 Å². The van der Waals surface area contributed by atoms with Gasteiger partial charge in [-0.05, 0) is 49.1 Å². The number of nitrogens with zero attached hydrogens (tertiary/aromatic N) is 3. The Hall–Kier alpha value is -3.79. The Labute approximate surface area is 201 Å². The number of imidazole rings is 1. The highest BCUT2D eigenvalue weighted by Crippen LogP contribution is 2.28. The first kappa shape index (κ1) is 24.3. The van der Waals surface area contributed by atoms with Crippen molar-refractivity contribution in [2.75, 3.05) is 32.7 Å². The second-order valence-corrected chi connectivity index (χ2v) is 8.40. The van der Waals surface area contributed by atoms with E-state index in [-0.39, 0.29) is 24.2 Å². The minimum atomic E-state index is -0.684. The van der Waals surface area contributed by atoms with E-state index in [0.29, 0.717) is 41.8 Å². The maximum absolute atomic E-state index is 13.8. The summed E-state index contributed by atoms with van der Waals surface area (Å²) in [5.41, 5.74) is 2.56. The van der Waals surface area contributed by atoms with Crippen LogP contribution in [0.2, 0.25) is 0 Å². The lowest BCUT2D eigenvalue weighted by Crippen LogP contribution is -2.48. The number of hydrogen-bond acceptors (Lipinski definition) is 6. The van der Waals surface area contributed by atoms with Crippen LogP contribution < -0.4 is 5.32 Å². The van der Waals surface area contributed by atoms with Crippen molar-refractivity contribution in [3.8, 4) is 0 Å². The Bertz CT molecular complexity index is 1240. The van der Waals surface area contributed by atoms with Crippen LogP contribution >= 0.6 is 0 Å². The number of fused-ring (bicyclic) bond motifs is 1. The molecule has 0 spiro atoms. The highest BCUT2D eigenvalue weighted by molar-refractivity contribution is 6.08. The van der Waals surface area contributed by atoms with Crippen LogP contribution in [0.1, 0.15) is 35.2 Å². The number of piperidine rings is 1. The van der Waals surface area contributed by atoms with Crippen LogP contribution in [0.4, 0.5) is 10.1 Å². The molecule has 2 aromatic carbocycles. The lowest BCUT2D eigenvalue weighted by molar-refractivity contribution is -0.147. The Kier molecular flexibility index (Phi) is 7.40. The quantitative estimate of drug-likeness (QED) is 0.520. The van der Waals surface area contributed by atoms with Gasteiger partial charge in [0.05, 0.1) is 30.0 Å². The molecule has 9 nitrogen and oxygen atoms in total. The summed E-state index contributed by atoms with van der Waals surface area (Å²) in [4.78, 5) is 44.4. The number of ether oxygens (including phenoxy) is 2. The monoisotopic (exact) mass is 482 g/mol. The second kappa shape index (κ2) is 10.6. The standard InChI is InChI=1S/C25H27FN4O5/c1-34-14-22(31)28-18-11-19(24(32)30-10-4-3-5-21(30)25(33)35-2)23-20(12-18)27-15-29(23)13-16-6-8-17(26)9-7-16/h6-9,11-12,15,21H,3-5,10,13-14H2,1-2H3,(H,28,31). The summed E-state index contributed by atoms with van der Waals surface area (Å²) < 4.78 is 25.0. The van der Waals surface area contributed by atoms with Crippen LogP contribution in [-0.2, 0) is 25.6 Å². The molecule has 1 aliphatic heterocycles. The molecule has 0 bridgehead atoms. The smallest absolute Gasteiger partial charge is 0.328 e. The highest BCUT2D eigenvalue weighted by atomic mass is 19.1. The largest absolute Gasteiger partial charge is 0.467 e. The number of esters is 1. The topological polar surface area (TPSA) is 103 Å². The van der Waals surface area contributed by atoms with Gasteiger partial charge in [0, 0.05) is 25.9 Å². The SMILES string of the molecule is COCC(=O)Nc1cc(C(=O)N2CCCCC2C(=O)OC)c2c(c1)ncn2Cc1ccc(F)cc1. The van der Waals surface area contributed by atoms with E-state index in [0.717, 1.165) is 18.4 Å². The predicted octanol–water partition coefficient (Wildman–Crippen LogP) is 2.98. The summed E-state index contributed by atoms with van der Waals surface area (Å²) in [6.07, 6.45) is 3.69. The van der Waals surface area contributed by atoms with Crippen LogP contribution in [0.5, 0.6) is 0 Å². The van der Waals surface area contributed by atoms with Crippen molar-refractivity contribution in [2.45, 2.75) is 31.8 Å². The number of amides is 2. The number of benzene rings is 2. The summed E-state index contributed by atoms with van der Waals surface area (Å²) in [6.45, 7) is 0.621. The Morgan fingerprint density at radius 3 is 2.63 bits per heavy atom. The molecule has 1 aliphatic rings. The summed E-state index contributed by atoms with van der Waals surface area (Å²) in [5.74, 6) is -1.52. The average molecular weight is 483 g/mol. The fourth-order valence-corrected chi connectivity index (χ4v) is 4.39. The number of hydrogen-bond donors (Lipinski definition) is 1. The molecule has 2 heterocycles. The third kappa shape index (κ3) is 5.32. The minimum Gasteiger partial charge on any atom is -0.467 e. The van der Waals surface area contributed by atoms with Crippen LogP contribution in [0.25, 0.3) is 11.0 Å². The van der Waals surface area contributed by atoms with Crippen molar-refractivity contribution < 1.29 is 28.2 Å². The third-order valence-corrected chi connectivity index (χ3v) is 6.01. The van der Waals surface area contributed by atoms with Gasteiger partial charge in [0.2, 0.25) is 5.91 Å². The van der Waals surface area contributed by atoms with Crippen LogP contribution in [0.15, 0.2) is 42.7 Å². The molecular weight excluding hydrogens is 455 g/mol. The number of anilines is 1. The van der Waals surface area contributed by atoms with E-state index in [1.54, 1.807) is 35.2 Å². The number of carbonyl (C=O) groups is 3. The van der Waals surface area contributed by atoms with Gasteiger partial charge < -0.3 is 24.3 Å². The first-order chi connectivity index (χ1) is 16.9. The number of aromatic nitrogens is 2. The van der Waals surface area contributed by atoms with E-state index in [1.807, 2.05) is 0 Å². The molecular formula is C25H27FN4O5. The van der Waals surface area contributed by atoms with Gasteiger partial charge in [-0.3, -0.25) is 9.59 Å². The van der Waals surface area contributed by atoms with E-state index < -0.39 is 12.0 Å². The Balaban J connectivity index is 1.78. The van der Waals surface area contributed by atoms with Crippen LogP contribution in [0, 0.1) is 5.82 Å². The van der Waals surface area contributed by atoms with Gasteiger partial charge in [-0.15, -0.1) is 0 Å². The van der Waals surface area contributed by atoms with E-state index in [4.69, 9.17) is 9.47 Å². The van der Waals surface area contributed by atoms with Gasteiger partial charge >= 0.3 is 5.97 Å². The lowest BCUT2D eigenvalue weighted by Gasteiger charge is -2.34. The number of carbonyl (C=O) groups excluding carboxylic acids is 3. The van der Waals surface area contributed by atoms with E-state index in [1.165, 1.54) is 31.3 Å². The summed E-state index contributed by atoms with van der Waals surface area (Å²) >= 11 is 0. The normalized spacial score (nSPS) is 15.7. The average Bonchev–Trinajstić information content (AvgIpc) is 3.26. The highest BCUT2D eigenvalue weighted by Gasteiger charge is 2.34. The molecule has 2 amide bonds. The molecule has 4 rings (SSSR count). The van der Waals surface area contributed by atoms with Gasteiger partial charge in [-0.2, -0.15) is 0 Å². The number of nitrogens with one attached hydrogen (secondary N) is 1. The summed E-state index contributed by atoms with van der Waals surface area (Å²) in [7, 11) is 2.72. The van der Waals surface area contributed by atoms with E-state index in [2.05, 4.69) is 10.3 Å². The molecule has 1 unspecified atom stereocenters. The Morgan fingerprint density at radius 1 is 1.14 bits per heavy atom. The number of rotatable bonds is 7. The molecule has 1 saturated heterocycles. The maximum Gasteiger partial charge on any atom is 0.328 e. The molecule has 0 saturated carbocycles. The lowest BCUT2D eigenvalue weighted by atomic mass is 10.00. The Morgan fingerprint density at radius 2 is 1.91 bits per heavy atom. The third-order valence-electron chi connectivity index (χ3n) is 6.01. The molecule has 0 aliphatic carbocycles. The fourth-order valence-electron chi connectivity index (χ4n) is 4.39. The van der Waals surface area contributed by atoms with Gasteiger partial charge in [0.15, 0.2) is 0 Å². The zero-order chi connectivity index (χ0) is 24.9. The number of methoxy groups -OCH3 is 2. The number of halogens is 1. The zero-order valence-electron chi connectivity index (χ0n) is 19.6. The van der Waals surface area contributed by atoms with Crippen LogP contribution in [0.3, 0.4) is 0 Å². The van der Waals surface area contributed by atoms with Gasteiger partial charge in [0.1, 0.15) is 18.5 Å². The van der Waals surface area contributed by atoms with E-state index in [9.17, 15) is 18.8 Å². The van der Waals surface area contributed by atoms with Crippen LogP contribution in [-0.4, -0.2) is 65.6 Å². The van der Waals surface area contributed by atoms with Crippen molar-refractivity contribution in [2.24, 2.45) is 0 Å². The zero-order valence-corrected chi connectivity index (χ0v) is 19.6. The molecule has 0 radical (unpaired) electrons. The van der Waals surface area contributed by atoms with Crippen molar-refractivity contribution in [3.63, 3.8) is 0 Å². The second-order valence-electron chi connectivity index (χ2n) is 8.40. The van der Waals surface area contributed by atoms with Crippen molar-refractivity contribution in [1.82, 2.24) is 14.5 Å². The molecule has 184 valence electrons. The van der Waals surface area contributed by atoms with E-state index >= 15 is 0 Å². The number of likely N-dealkylation sites (tertiary alicyclic amines) is 1. The van der Waals surface area contributed by atoms with Gasteiger partial charge in [0.25, 0.3) is 5.91 Å². The first-order valence-electron chi connectivity index (χ1n) is 11.3. The van der Waals surface area contributed by atoms with Crippen molar-refractivity contribution >= 4 is 34.5 Å². The van der Waals surface area contributed by atoms with Gasteiger partial charge in [-0.1, -0.05) is 12.1 Å². The molecule has 1 atom stereocenters. The molecule has 10 heteroatoms. The van der Waals surface area contributed by atoms with Gasteiger partial charge in [-0.25, -0.2) is 14.2 Å². The minimum absolute atomic E-state index is 0.142. The first-order valence-corrected chi connectivity index (χ1v) is 11.3. The molecule has 3 aromatic rings. The fraction of sp³-hybridized carbons (Fsp3) is 0.360. The predicted molar refractivity (Wildman–Crippen MR) is 126 cm³/mol.